The number of Topliss-reactive ketones (excluding diaryl/α,β-unsaturated/α-hetero) is 3. The van der Waals surface area contributed by atoms with Crippen molar-refractivity contribution in [3.05, 3.63) is 64.1 Å². The molecule has 3 heterocycles. The van der Waals surface area contributed by atoms with Crippen LogP contribution in [-0.4, -0.2) is 178 Å². The fourth-order valence-corrected chi connectivity index (χ4v) is 16.8. The van der Waals surface area contributed by atoms with Gasteiger partial charge in [-0.3, -0.25) is 33.6 Å². The average Bonchev–Trinajstić information content (AvgIpc) is 1.65. The molecule has 22 nitrogen and oxygen atoms in total. The highest BCUT2D eigenvalue weighted by Crippen LogP contribution is 2.71. The molecule has 4 amide bonds. The van der Waals surface area contributed by atoms with Gasteiger partial charge in [0, 0.05) is 85.5 Å². The van der Waals surface area contributed by atoms with Gasteiger partial charge >= 0.3 is 0 Å². The standard InChI is InChI=1S/C70H104N8O14S/c1-42(51-36-57(84)70(12)60-53(81)37-55-67(8,9)56(83)21-22-68(55,10)59(60)54(82)38-69(51,70)11)33-49(79)34-43(2)63(86)71-23-25-89-27-29-91-31-32-92-30-28-90-26-24-77-39-48(75-76-77)15-13-14-16-58(85)74-62(66(5,6)7)65(88)78-40-50(80)35-52(78)64(87)73-44(3)46-17-19-47(20-18-46)61-45(4)72-41-93-61/h17-20,39,41-44,50-53,55,57,62,80-81,84H,13-16,21-38,40H2,1-12H3,(H,71,86)(H,73,87)(H,74,85)/t42-,43-,44+,50-,51-,52+,53+,55+,57+,62-,68+,69-,70+/m1/s1. The molecule has 13 atom stereocenters. The largest absolute Gasteiger partial charge is 0.392 e. The van der Waals surface area contributed by atoms with Gasteiger partial charge in [-0.1, -0.05) is 98.7 Å². The number of nitrogens with one attached hydrogen (secondary N) is 3. The summed E-state index contributed by atoms with van der Waals surface area (Å²) in [4.78, 5) is 102. The third-order valence-electron chi connectivity index (χ3n) is 21.5. The number of carbonyl (C=O) groups is 7. The maximum absolute atomic E-state index is 14.4. The number of ether oxygens (including phenoxy) is 4. The van der Waals surface area contributed by atoms with E-state index in [4.69, 9.17) is 18.9 Å². The number of benzene rings is 1. The molecule has 3 aromatic rings. The van der Waals surface area contributed by atoms with E-state index in [1.165, 1.54) is 4.90 Å². The number of amides is 4. The topological polar surface area (TPSA) is 300 Å². The number of unbranched alkanes of at least 4 members (excludes halogenated alkanes) is 1. The lowest BCUT2D eigenvalue weighted by atomic mass is 9.42. The average molecular weight is 1310 g/mol. The molecule has 1 aromatic carbocycles. The van der Waals surface area contributed by atoms with Gasteiger partial charge < -0.3 is 55.1 Å². The van der Waals surface area contributed by atoms with E-state index in [0.29, 0.717) is 109 Å². The summed E-state index contributed by atoms with van der Waals surface area (Å²) in [6.07, 6.45) is 3.46. The van der Waals surface area contributed by atoms with Crippen molar-refractivity contribution in [3.63, 3.8) is 0 Å². The number of β-amino-alcohol motifs (C(OH)–C–C–N with tert-alkyl or cyclic N) is 1. The number of aryl methyl sites for hydroxylation is 2. The Labute approximate surface area is 552 Å². The Balaban J connectivity index is 0.630. The highest BCUT2D eigenvalue weighted by Gasteiger charge is 2.70. The van der Waals surface area contributed by atoms with Crippen LogP contribution in [0.15, 0.2) is 47.1 Å². The number of carbonyl (C=O) groups excluding carboxylic acids is 7. The summed E-state index contributed by atoms with van der Waals surface area (Å²) < 4.78 is 24.3. The minimum atomic E-state index is -0.958. The number of allylic oxidation sites excluding steroid dienone is 1. The molecule has 0 radical (unpaired) electrons. The molecule has 93 heavy (non-hydrogen) atoms. The van der Waals surface area contributed by atoms with Crippen LogP contribution in [0.25, 0.3) is 10.4 Å². The second-order valence-corrected chi connectivity index (χ2v) is 30.2. The van der Waals surface area contributed by atoms with E-state index in [1.807, 2.05) is 105 Å². The lowest BCUT2D eigenvalue weighted by Gasteiger charge is -2.61. The van der Waals surface area contributed by atoms with Crippen molar-refractivity contribution < 1.29 is 67.8 Å². The first-order valence-electron chi connectivity index (χ1n) is 33.7. The second-order valence-electron chi connectivity index (χ2n) is 29.4. The smallest absolute Gasteiger partial charge is 0.246 e. The van der Waals surface area contributed by atoms with E-state index in [-0.39, 0.29) is 111 Å². The fraction of sp³-hybridized carbons (Fsp3) is 0.714. The summed E-state index contributed by atoms with van der Waals surface area (Å²) >= 11 is 1.57. The fourth-order valence-electron chi connectivity index (χ4n) is 16.0. The molecule has 8 rings (SSSR count). The molecule has 1 aliphatic heterocycles. The van der Waals surface area contributed by atoms with Crippen LogP contribution in [0.4, 0.5) is 0 Å². The van der Waals surface area contributed by atoms with Crippen LogP contribution in [0, 0.1) is 57.7 Å². The lowest BCUT2D eigenvalue weighted by Crippen LogP contribution is -2.60. The number of aliphatic hydroxyl groups excluding tert-OH is 3. The summed E-state index contributed by atoms with van der Waals surface area (Å²) in [6.45, 7) is 26.8. The van der Waals surface area contributed by atoms with Gasteiger partial charge in [0.2, 0.25) is 23.6 Å². The van der Waals surface area contributed by atoms with E-state index in [9.17, 15) is 48.9 Å². The molecule has 5 aliphatic rings. The van der Waals surface area contributed by atoms with Gasteiger partial charge in [0.15, 0.2) is 5.78 Å². The van der Waals surface area contributed by atoms with Crippen LogP contribution in [0.5, 0.6) is 0 Å². The SMILES string of the molecule is Cc1ncsc1-c1ccc([C@H](C)NC(=O)[C@@H]2C[C@@H](O)CN2C(=O)[C@@H](NC(=O)CCCCc2cn(CCOCCOCCOCCOCCNC(=O)[C@H](C)CC(=O)C[C@@H](C)[C@H]3C[C@H](O)[C@@]4(C)C5=C(C(=O)C[C@]34C)[C@@]3(C)CCC(=O)C(C)(C)[C@@H]3C[C@@H]5O)nn2)C(C)(C)C)cc1. The number of fused-ring (bicyclic) bond motifs is 4. The Kier molecular flexibility index (Phi) is 24.4. The number of ketones is 3. The molecule has 3 fully saturated rings. The Hall–Kier alpha value is -5.66. The van der Waals surface area contributed by atoms with Gasteiger partial charge in [-0.25, -0.2) is 9.67 Å². The number of aliphatic hydroxyl groups is 3. The Bertz CT molecular complexity index is 3160. The third kappa shape index (κ3) is 16.6. The minimum absolute atomic E-state index is 0.00829. The summed E-state index contributed by atoms with van der Waals surface area (Å²) in [6, 6.07) is 5.78. The number of likely N-dealkylation sites (tertiary alicyclic amines) is 1. The zero-order valence-corrected chi connectivity index (χ0v) is 57.8. The molecular formula is C70H104N8O14S. The third-order valence-corrected chi connectivity index (χ3v) is 22.4. The van der Waals surface area contributed by atoms with Gasteiger partial charge in [-0.15, -0.1) is 16.4 Å². The van der Waals surface area contributed by atoms with Gasteiger partial charge in [-0.05, 0) is 97.7 Å². The minimum Gasteiger partial charge on any atom is -0.392 e. The molecule has 6 N–H and O–H groups in total. The summed E-state index contributed by atoms with van der Waals surface area (Å²) in [5.74, 6) is -2.32. The zero-order chi connectivity index (χ0) is 67.8. The number of thiazole rings is 1. The monoisotopic (exact) mass is 1310 g/mol. The Morgan fingerprint density at radius 1 is 0.828 bits per heavy atom. The highest BCUT2D eigenvalue weighted by atomic mass is 32.1. The predicted molar refractivity (Wildman–Crippen MR) is 350 cm³/mol. The maximum atomic E-state index is 14.4. The quantitative estimate of drug-likeness (QED) is 0.0342. The summed E-state index contributed by atoms with van der Waals surface area (Å²) in [5, 5.41) is 51.8. The van der Waals surface area contributed by atoms with E-state index in [0.717, 1.165) is 27.4 Å². The van der Waals surface area contributed by atoms with Crippen molar-refractivity contribution in [3.8, 4) is 10.4 Å². The Morgan fingerprint density at radius 2 is 1.48 bits per heavy atom. The number of hydrogen-bond donors (Lipinski definition) is 6. The zero-order valence-electron chi connectivity index (χ0n) is 57.0. The van der Waals surface area contributed by atoms with Crippen molar-refractivity contribution >= 4 is 52.3 Å². The molecule has 514 valence electrons. The lowest BCUT2D eigenvalue weighted by molar-refractivity contribution is -0.146. The number of nitrogens with zero attached hydrogens (tertiary/aromatic N) is 5. The number of rotatable bonds is 32. The predicted octanol–water partition coefficient (Wildman–Crippen LogP) is 7.04. The first-order chi connectivity index (χ1) is 43.9. The van der Waals surface area contributed by atoms with Crippen molar-refractivity contribution in [1.82, 2.24) is 40.8 Å². The molecule has 23 heteroatoms. The molecule has 2 saturated carbocycles. The normalized spacial score (nSPS) is 27.2. The van der Waals surface area contributed by atoms with Crippen molar-refractivity contribution in [2.45, 2.75) is 203 Å². The van der Waals surface area contributed by atoms with Gasteiger partial charge in [-0.2, -0.15) is 0 Å². The molecule has 1 saturated heterocycles. The van der Waals surface area contributed by atoms with Crippen LogP contribution in [-0.2, 0) is 65.5 Å². The molecule has 0 unspecified atom stereocenters. The van der Waals surface area contributed by atoms with Crippen molar-refractivity contribution in [1.29, 1.82) is 0 Å². The highest BCUT2D eigenvalue weighted by molar-refractivity contribution is 7.13. The van der Waals surface area contributed by atoms with Crippen molar-refractivity contribution in [2.75, 3.05) is 65.9 Å². The van der Waals surface area contributed by atoms with E-state index in [1.54, 1.807) is 22.9 Å². The maximum Gasteiger partial charge on any atom is 0.246 e. The molecule has 0 spiro atoms. The van der Waals surface area contributed by atoms with Crippen molar-refractivity contribution in [2.24, 2.45) is 50.7 Å². The van der Waals surface area contributed by atoms with E-state index < -0.39 is 69.3 Å². The molecular weight excluding hydrogens is 1210 g/mol. The number of hydrogen-bond acceptors (Lipinski definition) is 18. The second kappa shape index (κ2) is 31.0. The van der Waals surface area contributed by atoms with Crippen LogP contribution in [0.1, 0.15) is 170 Å². The van der Waals surface area contributed by atoms with E-state index in [2.05, 4.69) is 38.2 Å². The first kappa shape index (κ1) is 73.2. The van der Waals surface area contributed by atoms with Gasteiger partial charge in [0.05, 0.1) is 106 Å². The van der Waals surface area contributed by atoms with Crippen LogP contribution in [0.3, 0.4) is 0 Å². The summed E-state index contributed by atoms with van der Waals surface area (Å²) in [5.41, 5.74) is 3.24. The van der Waals surface area contributed by atoms with Crippen LogP contribution >= 0.6 is 11.3 Å². The summed E-state index contributed by atoms with van der Waals surface area (Å²) in [7, 11) is 0. The first-order valence-corrected chi connectivity index (χ1v) is 34.6. The van der Waals surface area contributed by atoms with Crippen LogP contribution < -0.4 is 16.0 Å². The van der Waals surface area contributed by atoms with Gasteiger partial charge in [0.25, 0.3) is 0 Å². The van der Waals surface area contributed by atoms with E-state index >= 15 is 0 Å². The molecule has 2 aromatic heterocycles. The Morgan fingerprint density at radius 3 is 2.13 bits per heavy atom. The molecule has 0 bridgehead atoms. The number of aromatic nitrogens is 4. The van der Waals surface area contributed by atoms with Crippen LogP contribution in [0.2, 0.25) is 0 Å². The molecule has 4 aliphatic carbocycles. The van der Waals surface area contributed by atoms with Gasteiger partial charge in [0.1, 0.15) is 23.7 Å².